The minimum Gasteiger partial charge on any atom is -0.378 e. The number of fused-ring (bicyclic) bond motifs is 1. The number of carbonyl (C=O) groups is 1. The van der Waals surface area contributed by atoms with E-state index in [1.54, 1.807) is 6.08 Å². The number of hydrogen-bond donors (Lipinski definition) is 1. The van der Waals surface area contributed by atoms with E-state index in [1.165, 1.54) is 0 Å². The second kappa shape index (κ2) is 6.29. The van der Waals surface area contributed by atoms with Gasteiger partial charge in [0.05, 0.1) is 23.6 Å². The average Bonchev–Trinajstić information content (AvgIpc) is 3.12. The van der Waals surface area contributed by atoms with Crippen molar-refractivity contribution in [3.05, 3.63) is 96.7 Å². The van der Waals surface area contributed by atoms with Crippen molar-refractivity contribution in [2.24, 2.45) is 0 Å². The SMILES string of the molecule is C=C1CN/C(=C\C(=O)c2ccccc2)c2ccc(-c3ccccc3)n21. The second-order valence-corrected chi connectivity index (χ2v) is 6.01. The van der Waals surface area contributed by atoms with Crippen LogP contribution in [0.2, 0.25) is 0 Å². The predicted octanol–water partition coefficient (Wildman–Crippen LogP) is 4.45. The van der Waals surface area contributed by atoms with Gasteiger partial charge in [0.15, 0.2) is 5.78 Å². The van der Waals surface area contributed by atoms with E-state index in [4.69, 9.17) is 0 Å². The lowest BCUT2D eigenvalue weighted by atomic mass is 10.1. The molecule has 0 radical (unpaired) electrons. The summed E-state index contributed by atoms with van der Waals surface area (Å²) in [5.41, 5.74) is 5.64. The van der Waals surface area contributed by atoms with Crippen molar-refractivity contribution in [3.8, 4) is 11.3 Å². The molecule has 0 saturated heterocycles. The molecule has 0 saturated carbocycles. The van der Waals surface area contributed by atoms with Crippen molar-refractivity contribution in [1.82, 2.24) is 9.88 Å². The highest BCUT2D eigenvalue weighted by Crippen LogP contribution is 2.31. The van der Waals surface area contributed by atoms with Gasteiger partial charge in [-0.05, 0) is 17.7 Å². The highest BCUT2D eigenvalue weighted by molar-refractivity contribution is 6.08. The van der Waals surface area contributed by atoms with Crippen LogP contribution in [-0.2, 0) is 0 Å². The number of rotatable bonds is 3. The van der Waals surface area contributed by atoms with Crippen molar-refractivity contribution in [2.75, 3.05) is 6.54 Å². The molecule has 2 aromatic carbocycles. The number of nitrogens with zero attached hydrogens (tertiary/aromatic N) is 1. The van der Waals surface area contributed by atoms with Crippen LogP contribution in [0, 0.1) is 0 Å². The quantitative estimate of drug-likeness (QED) is 0.570. The van der Waals surface area contributed by atoms with Gasteiger partial charge in [0, 0.05) is 17.3 Å². The number of carbonyl (C=O) groups excluding carboxylic acids is 1. The van der Waals surface area contributed by atoms with Gasteiger partial charge in [-0.1, -0.05) is 67.2 Å². The molecule has 25 heavy (non-hydrogen) atoms. The van der Waals surface area contributed by atoms with Crippen LogP contribution in [0.4, 0.5) is 0 Å². The van der Waals surface area contributed by atoms with Crippen LogP contribution in [-0.4, -0.2) is 16.9 Å². The first kappa shape index (κ1) is 15.2. The molecule has 0 spiro atoms. The van der Waals surface area contributed by atoms with E-state index in [1.807, 2.05) is 54.6 Å². The molecule has 4 rings (SSSR count). The topological polar surface area (TPSA) is 34.0 Å². The Morgan fingerprint density at radius 2 is 1.56 bits per heavy atom. The average molecular weight is 326 g/mol. The number of benzene rings is 2. The van der Waals surface area contributed by atoms with E-state index in [0.29, 0.717) is 12.1 Å². The Labute approximate surface area is 146 Å². The van der Waals surface area contributed by atoms with E-state index >= 15 is 0 Å². The molecule has 0 atom stereocenters. The van der Waals surface area contributed by atoms with Crippen molar-refractivity contribution in [1.29, 1.82) is 0 Å². The van der Waals surface area contributed by atoms with Crippen LogP contribution in [0.5, 0.6) is 0 Å². The molecule has 0 fully saturated rings. The van der Waals surface area contributed by atoms with E-state index < -0.39 is 0 Å². The van der Waals surface area contributed by atoms with Crippen LogP contribution < -0.4 is 5.32 Å². The molecular weight excluding hydrogens is 308 g/mol. The molecule has 2 heterocycles. The summed E-state index contributed by atoms with van der Waals surface area (Å²) in [4.78, 5) is 12.5. The predicted molar refractivity (Wildman–Crippen MR) is 102 cm³/mol. The number of aromatic nitrogens is 1. The number of ketones is 1. The van der Waals surface area contributed by atoms with Gasteiger partial charge in [0.25, 0.3) is 0 Å². The monoisotopic (exact) mass is 326 g/mol. The van der Waals surface area contributed by atoms with E-state index in [0.717, 1.165) is 28.3 Å². The zero-order valence-electron chi connectivity index (χ0n) is 13.8. The summed E-state index contributed by atoms with van der Waals surface area (Å²) in [6, 6.07) is 23.6. The lowest BCUT2D eigenvalue weighted by molar-refractivity contribution is 0.104. The van der Waals surface area contributed by atoms with Gasteiger partial charge in [0.1, 0.15) is 0 Å². The van der Waals surface area contributed by atoms with Crippen molar-refractivity contribution in [2.45, 2.75) is 0 Å². The molecule has 1 aromatic heterocycles. The Bertz CT molecular complexity index is 966. The maximum Gasteiger partial charge on any atom is 0.187 e. The minimum absolute atomic E-state index is 0.00961. The maximum absolute atomic E-state index is 12.5. The molecule has 122 valence electrons. The molecule has 0 amide bonds. The van der Waals surface area contributed by atoms with Crippen LogP contribution >= 0.6 is 0 Å². The Hall–Kier alpha value is -3.33. The number of nitrogens with one attached hydrogen (secondary N) is 1. The summed E-state index contributed by atoms with van der Waals surface area (Å²) in [5.74, 6) is -0.00961. The summed E-state index contributed by atoms with van der Waals surface area (Å²) in [6.07, 6.45) is 1.67. The third kappa shape index (κ3) is 2.81. The molecule has 3 nitrogen and oxygen atoms in total. The van der Waals surface area contributed by atoms with Crippen molar-refractivity contribution in [3.63, 3.8) is 0 Å². The molecule has 0 unspecified atom stereocenters. The van der Waals surface area contributed by atoms with Crippen molar-refractivity contribution >= 4 is 17.2 Å². The maximum atomic E-state index is 12.5. The van der Waals surface area contributed by atoms with Gasteiger partial charge in [-0.15, -0.1) is 0 Å². The first-order valence-electron chi connectivity index (χ1n) is 8.25. The molecule has 1 N–H and O–H groups in total. The molecular formula is C22H18N2O. The molecule has 3 aromatic rings. The summed E-state index contributed by atoms with van der Waals surface area (Å²) in [6.45, 7) is 4.78. The molecule has 0 bridgehead atoms. The van der Waals surface area contributed by atoms with Crippen molar-refractivity contribution < 1.29 is 4.79 Å². The second-order valence-electron chi connectivity index (χ2n) is 6.01. The standard InChI is InChI=1S/C22H18N2O/c1-16-15-23-19(14-22(25)18-10-6-3-7-11-18)21-13-12-20(24(16)21)17-8-4-2-5-9-17/h2-14,23H,1,15H2/b19-14-. The third-order valence-corrected chi connectivity index (χ3v) is 4.36. The van der Waals surface area contributed by atoms with Crippen LogP contribution in [0.15, 0.2) is 85.5 Å². The fraction of sp³-hybridized carbons (Fsp3) is 0.0455. The zero-order chi connectivity index (χ0) is 17.2. The molecule has 1 aliphatic heterocycles. The summed E-state index contributed by atoms with van der Waals surface area (Å²) in [5, 5.41) is 3.31. The first-order chi connectivity index (χ1) is 12.2. The largest absolute Gasteiger partial charge is 0.378 e. The van der Waals surface area contributed by atoms with Gasteiger partial charge in [-0.3, -0.25) is 4.79 Å². The summed E-state index contributed by atoms with van der Waals surface area (Å²) < 4.78 is 2.12. The first-order valence-corrected chi connectivity index (χ1v) is 8.25. The summed E-state index contributed by atoms with van der Waals surface area (Å²) >= 11 is 0. The highest BCUT2D eigenvalue weighted by Gasteiger charge is 2.20. The fourth-order valence-electron chi connectivity index (χ4n) is 3.13. The van der Waals surface area contributed by atoms with Crippen LogP contribution in [0.25, 0.3) is 22.7 Å². The Balaban J connectivity index is 1.77. The van der Waals surface area contributed by atoms with E-state index in [2.05, 4.69) is 34.7 Å². The lowest BCUT2D eigenvalue weighted by Gasteiger charge is -2.24. The Kier molecular flexibility index (Phi) is 3.82. The highest BCUT2D eigenvalue weighted by atomic mass is 16.1. The van der Waals surface area contributed by atoms with Gasteiger partial charge in [-0.25, -0.2) is 0 Å². The summed E-state index contributed by atoms with van der Waals surface area (Å²) in [7, 11) is 0. The van der Waals surface area contributed by atoms with Crippen LogP contribution in [0.3, 0.4) is 0 Å². The van der Waals surface area contributed by atoms with Gasteiger partial charge >= 0.3 is 0 Å². The minimum atomic E-state index is -0.00961. The molecule has 3 heteroatoms. The number of hydrogen-bond acceptors (Lipinski definition) is 2. The molecule has 0 aliphatic carbocycles. The van der Waals surface area contributed by atoms with Gasteiger partial charge in [-0.2, -0.15) is 0 Å². The van der Waals surface area contributed by atoms with Gasteiger partial charge < -0.3 is 9.88 Å². The Morgan fingerprint density at radius 3 is 2.28 bits per heavy atom. The number of allylic oxidation sites excluding steroid dienone is 1. The zero-order valence-corrected chi connectivity index (χ0v) is 13.8. The molecule has 1 aliphatic rings. The fourth-order valence-corrected chi connectivity index (χ4v) is 3.13. The Morgan fingerprint density at radius 1 is 0.920 bits per heavy atom. The third-order valence-electron chi connectivity index (χ3n) is 4.36. The smallest absolute Gasteiger partial charge is 0.187 e. The van der Waals surface area contributed by atoms with E-state index in [9.17, 15) is 4.79 Å². The van der Waals surface area contributed by atoms with Crippen LogP contribution in [0.1, 0.15) is 16.1 Å². The van der Waals surface area contributed by atoms with E-state index in [-0.39, 0.29) is 5.78 Å². The lowest BCUT2D eigenvalue weighted by Crippen LogP contribution is -2.26. The normalized spacial score (nSPS) is 14.9. The van der Waals surface area contributed by atoms with Gasteiger partial charge in [0.2, 0.25) is 0 Å².